The summed E-state index contributed by atoms with van der Waals surface area (Å²) < 4.78 is 30.6. The first-order valence-corrected chi connectivity index (χ1v) is 14.2. The molecule has 35 heavy (non-hydrogen) atoms. The van der Waals surface area contributed by atoms with Crippen LogP contribution in [0.25, 0.3) is 0 Å². The van der Waals surface area contributed by atoms with Crippen LogP contribution in [0.2, 0.25) is 0 Å². The van der Waals surface area contributed by atoms with Crippen LogP contribution in [-0.4, -0.2) is 14.4 Å². The third kappa shape index (κ3) is 6.27. The normalized spacial score (nSPS) is 13.3. The summed E-state index contributed by atoms with van der Waals surface area (Å²) in [5.74, 6) is -1.42. The van der Waals surface area contributed by atoms with E-state index in [1.165, 1.54) is 0 Å². The maximum Gasteiger partial charge on any atom is 0.245 e. The van der Waals surface area contributed by atoms with Crippen molar-refractivity contribution < 1.29 is 18.3 Å². The molecule has 1 unspecified atom stereocenters. The van der Waals surface area contributed by atoms with E-state index in [9.17, 15) is 18.3 Å². The van der Waals surface area contributed by atoms with Crippen LogP contribution in [0, 0.1) is 0 Å². The second kappa shape index (κ2) is 11.2. The first-order chi connectivity index (χ1) is 16.1. The molecule has 5 nitrogen and oxygen atoms in total. The number of benzene rings is 2. The maximum absolute atomic E-state index is 13.9. The standard InChI is InChI=1S/C29H43NO4S/c1-16(2)21-14-24(19(7)8)26(25(15-21)20(9)10)28(29(31)32)35(33,34)30-27-22(17(3)4)12-11-13-23(27)18(5)6/h11-20,28,30H,1-10H3,(H,31,32)/p-1. The van der Waals surface area contributed by atoms with Crippen LogP contribution < -0.4 is 9.83 Å². The molecule has 2 rings (SSSR count). The monoisotopic (exact) mass is 500 g/mol. The summed E-state index contributed by atoms with van der Waals surface area (Å²) in [6, 6.07) is 9.61. The molecular weight excluding hydrogens is 458 g/mol. The van der Waals surface area contributed by atoms with Crippen molar-refractivity contribution >= 4 is 21.7 Å². The Morgan fingerprint density at radius 1 is 0.714 bits per heavy atom. The van der Waals surface area contributed by atoms with E-state index < -0.39 is 21.2 Å². The Bertz CT molecular complexity index is 1110. The van der Waals surface area contributed by atoms with Gasteiger partial charge in [0.1, 0.15) is 5.25 Å². The number of hydrogen-bond donors (Lipinski definition) is 1. The number of rotatable bonds is 10. The third-order valence-corrected chi connectivity index (χ3v) is 8.12. The highest BCUT2D eigenvalue weighted by Gasteiger charge is 2.35. The molecule has 0 aliphatic heterocycles. The summed E-state index contributed by atoms with van der Waals surface area (Å²) in [4.78, 5) is 12.6. The molecule has 1 N–H and O–H groups in total. The van der Waals surface area contributed by atoms with E-state index in [1.54, 1.807) is 0 Å². The molecule has 2 aromatic carbocycles. The lowest BCUT2D eigenvalue weighted by Crippen LogP contribution is -2.39. The van der Waals surface area contributed by atoms with Crippen LogP contribution in [0.4, 0.5) is 5.69 Å². The number of carbonyl (C=O) groups is 1. The van der Waals surface area contributed by atoms with E-state index in [-0.39, 0.29) is 29.6 Å². The zero-order chi connectivity index (χ0) is 26.8. The highest BCUT2D eigenvalue weighted by atomic mass is 32.2. The van der Waals surface area contributed by atoms with Crippen LogP contribution in [0.3, 0.4) is 0 Å². The second-order valence-electron chi connectivity index (χ2n) is 11.0. The second-order valence-corrected chi connectivity index (χ2v) is 12.8. The lowest BCUT2D eigenvalue weighted by atomic mass is 9.83. The van der Waals surface area contributed by atoms with Crippen LogP contribution in [0.15, 0.2) is 30.3 Å². The Hall–Kier alpha value is -2.34. The Balaban J connectivity index is 2.86. The lowest BCUT2D eigenvalue weighted by molar-refractivity contribution is -0.305. The van der Waals surface area contributed by atoms with Gasteiger partial charge in [-0.05, 0) is 63.0 Å². The number of para-hydroxylation sites is 1. The van der Waals surface area contributed by atoms with Gasteiger partial charge in [-0.3, -0.25) is 4.72 Å². The van der Waals surface area contributed by atoms with Gasteiger partial charge >= 0.3 is 0 Å². The van der Waals surface area contributed by atoms with Gasteiger partial charge in [-0.25, -0.2) is 8.42 Å². The predicted octanol–water partition coefficient (Wildman–Crippen LogP) is 6.54. The molecular formula is C29H42NO4S-. The van der Waals surface area contributed by atoms with Gasteiger partial charge in [0.25, 0.3) is 0 Å². The van der Waals surface area contributed by atoms with Crippen molar-refractivity contribution in [1.29, 1.82) is 0 Å². The van der Waals surface area contributed by atoms with Crippen molar-refractivity contribution in [2.45, 2.75) is 104 Å². The summed E-state index contributed by atoms with van der Waals surface area (Å²) in [7, 11) is -4.40. The Morgan fingerprint density at radius 3 is 1.43 bits per heavy atom. The van der Waals surface area contributed by atoms with E-state index in [0.717, 1.165) is 27.8 Å². The number of carboxylic acids is 1. The number of hydrogen-bond acceptors (Lipinski definition) is 4. The molecule has 0 saturated heterocycles. The quantitative estimate of drug-likeness (QED) is 0.401. The van der Waals surface area contributed by atoms with Gasteiger partial charge in [-0.1, -0.05) is 99.6 Å². The average Bonchev–Trinajstić information content (AvgIpc) is 2.72. The summed E-state index contributed by atoms with van der Waals surface area (Å²) in [6.07, 6.45) is 0. The fourth-order valence-corrected chi connectivity index (χ4v) is 6.06. The molecule has 0 aliphatic carbocycles. The highest BCUT2D eigenvalue weighted by Crippen LogP contribution is 2.40. The minimum atomic E-state index is -4.40. The van der Waals surface area contributed by atoms with Crippen LogP contribution in [-0.2, 0) is 14.8 Å². The minimum Gasteiger partial charge on any atom is -0.548 e. The van der Waals surface area contributed by atoms with Crippen molar-refractivity contribution in [3.63, 3.8) is 0 Å². The van der Waals surface area contributed by atoms with Crippen molar-refractivity contribution in [2.75, 3.05) is 4.72 Å². The molecule has 1 atom stereocenters. The smallest absolute Gasteiger partial charge is 0.245 e. The highest BCUT2D eigenvalue weighted by molar-refractivity contribution is 7.93. The molecule has 0 aromatic heterocycles. The van der Waals surface area contributed by atoms with E-state index in [4.69, 9.17) is 0 Å². The van der Waals surface area contributed by atoms with Crippen molar-refractivity contribution in [2.24, 2.45) is 0 Å². The number of carbonyl (C=O) groups excluding carboxylic acids is 1. The largest absolute Gasteiger partial charge is 0.548 e. The molecule has 0 radical (unpaired) electrons. The van der Waals surface area contributed by atoms with Gasteiger partial charge < -0.3 is 9.90 Å². The summed E-state index contributed by atoms with van der Waals surface area (Å²) in [5.41, 5.74) is 5.01. The molecule has 6 heteroatoms. The van der Waals surface area contributed by atoms with Gasteiger partial charge in [-0.15, -0.1) is 0 Å². The Kier molecular flexibility index (Phi) is 9.21. The molecule has 0 saturated carbocycles. The number of sulfonamides is 1. The van der Waals surface area contributed by atoms with Crippen molar-refractivity contribution in [3.05, 3.63) is 63.7 Å². The number of anilines is 1. The van der Waals surface area contributed by atoms with Crippen LogP contribution >= 0.6 is 0 Å². The first kappa shape index (κ1) is 28.9. The minimum absolute atomic E-state index is 0.0515. The molecule has 0 bridgehead atoms. The molecule has 2 aromatic rings. The van der Waals surface area contributed by atoms with E-state index in [2.05, 4.69) is 18.6 Å². The van der Waals surface area contributed by atoms with Gasteiger partial charge in [-0.2, -0.15) is 0 Å². The SMILES string of the molecule is CC(C)c1cc(C(C)C)c(C(C(=O)[O-])S(=O)(=O)Nc2c(C(C)C)cccc2C(C)C)c(C(C)C)c1. The number of aliphatic carboxylic acids is 1. The topological polar surface area (TPSA) is 86.3 Å². The fourth-order valence-electron chi connectivity index (χ4n) is 4.58. The van der Waals surface area contributed by atoms with Crippen molar-refractivity contribution in [1.82, 2.24) is 0 Å². The molecule has 0 spiro atoms. The fraction of sp³-hybridized carbons (Fsp3) is 0.552. The zero-order valence-corrected chi connectivity index (χ0v) is 23.7. The maximum atomic E-state index is 13.9. The Labute approximate surface area is 212 Å². The number of carboxylic acid groups (broad SMARTS) is 1. The summed E-state index contributed by atoms with van der Waals surface area (Å²) in [5, 5.41) is 10.8. The first-order valence-electron chi connectivity index (χ1n) is 12.6. The predicted molar refractivity (Wildman–Crippen MR) is 144 cm³/mol. The van der Waals surface area contributed by atoms with Gasteiger partial charge in [0.15, 0.2) is 0 Å². The van der Waals surface area contributed by atoms with Crippen LogP contribution in [0.1, 0.15) is 137 Å². The molecule has 194 valence electrons. The lowest BCUT2D eigenvalue weighted by Gasteiger charge is -2.30. The van der Waals surface area contributed by atoms with Gasteiger partial charge in [0.2, 0.25) is 10.0 Å². The summed E-state index contributed by atoms with van der Waals surface area (Å²) in [6.45, 7) is 20.0. The molecule has 0 heterocycles. The van der Waals surface area contributed by atoms with E-state index in [0.29, 0.717) is 11.3 Å². The molecule has 0 aliphatic rings. The zero-order valence-electron chi connectivity index (χ0n) is 22.9. The third-order valence-electron chi connectivity index (χ3n) is 6.58. The van der Waals surface area contributed by atoms with Gasteiger partial charge in [0, 0.05) is 0 Å². The average molecular weight is 501 g/mol. The summed E-state index contributed by atoms with van der Waals surface area (Å²) >= 11 is 0. The van der Waals surface area contributed by atoms with Gasteiger partial charge in [0.05, 0.1) is 11.7 Å². The van der Waals surface area contributed by atoms with Crippen molar-refractivity contribution in [3.8, 4) is 0 Å². The Morgan fingerprint density at radius 2 is 1.11 bits per heavy atom. The van der Waals surface area contributed by atoms with E-state index in [1.807, 2.05) is 85.7 Å². The van der Waals surface area contributed by atoms with E-state index >= 15 is 0 Å². The van der Waals surface area contributed by atoms with Crippen LogP contribution in [0.5, 0.6) is 0 Å². The number of nitrogens with one attached hydrogen (secondary N) is 1. The molecule has 0 fully saturated rings. The molecule has 0 amide bonds.